The molecule has 1 aromatic heterocycles. The molecule has 3 nitrogen and oxygen atoms in total. The Bertz CT molecular complexity index is 974. The monoisotopic (exact) mass is 399 g/mol. The molecule has 0 saturated carbocycles. The Morgan fingerprint density at radius 1 is 1.03 bits per heavy atom. The van der Waals surface area contributed by atoms with Crippen molar-refractivity contribution in [3.05, 3.63) is 71.5 Å². The third-order valence-electron chi connectivity index (χ3n) is 5.88. The first-order valence-corrected chi connectivity index (χ1v) is 9.79. The molecule has 0 bridgehead atoms. The highest BCUT2D eigenvalue weighted by Gasteiger charge is 2.48. The van der Waals surface area contributed by atoms with Gasteiger partial charge in [-0.2, -0.15) is 18.3 Å². The number of benzene rings is 2. The van der Waals surface area contributed by atoms with Gasteiger partial charge in [0.15, 0.2) is 0 Å². The third-order valence-corrected chi connectivity index (χ3v) is 5.88. The smallest absolute Gasteiger partial charge is 0.367 e. The first-order valence-electron chi connectivity index (χ1n) is 9.79. The summed E-state index contributed by atoms with van der Waals surface area (Å²) in [5, 5.41) is 6.86. The largest absolute Gasteiger partial charge is 0.397 e. The zero-order valence-corrected chi connectivity index (χ0v) is 16.6. The molecule has 4 rings (SSSR count). The SMILES string of the molecule is CC(C)(c1ccc(CN2CCCc3cc(-c4cn[nH]c4)ccc32)cc1)C(F)(F)F. The molecule has 0 unspecified atom stereocenters. The van der Waals surface area contributed by atoms with Crippen LogP contribution in [0.25, 0.3) is 11.1 Å². The predicted octanol–water partition coefficient (Wildman–Crippen LogP) is 5.87. The fourth-order valence-corrected chi connectivity index (χ4v) is 3.84. The molecule has 1 aliphatic heterocycles. The molecule has 2 aromatic carbocycles. The minimum Gasteiger partial charge on any atom is -0.367 e. The van der Waals surface area contributed by atoms with Crippen molar-refractivity contribution in [3.8, 4) is 11.1 Å². The van der Waals surface area contributed by atoms with E-state index in [-0.39, 0.29) is 5.56 Å². The molecule has 1 N–H and O–H groups in total. The molecule has 0 aliphatic carbocycles. The Morgan fingerprint density at radius 3 is 2.45 bits per heavy atom. The van der Waals surface area contributed by atoms with E-state index in [1.165, 1.54) is 25.1 Å². The Kier molecular flexibility index (Phi) is 4.89. The molecule has 29 heavy (non-hydrogen) atoms. The van der Waals surface area contributed by atoms with E-state index >= 15 is 0 Å². The average Bonchev–Trinajstić information content (AvgIpc) is 3.22. The number of nitrogens with zero attached hydrogens (tertiary/aromatic N) is 2. The maximum absolute atomic E-state index is 13.3. The molecular weight excluding hydrogens is 375 g/mol. The topological polar surface area (TPSA) is 31.9 Å². The van der Waals surface area contributed by atoms with Crippen LogP contribution in [-0.4, -0.2) is 22.9 Å². The minimum atomic E-state index is -4.27. The van der Waals surface area contributed by atoms with Gasteiger partial charge >= 0.3 is 6.18 Å². The summed E-state index contributed by atoms with van der Waals surface area (Å²) < 4.78 is 39.8. The van der Waals surface area contributed by atoms with E-state index in [1.807, 2.05) is 24.5 Å². The second kappa shape index (κ2) is 7.25. The molecular formula is C23H24F3N3. The summed E-state index contributed by atoms with van der Waals surface area (Å²) in [7, 11) is 0. The van der Waals surface area contributed by atoms with Gasteiger partial charge in [-0.25, -0.2) is 0 Å². The highest BCUT2D eigenvalue weighted by molar-refractivity contribution is 5.68. The van der Waals surface area contributed by atoms with Crippen molar-refractivity contribution < 1.29 is 13.2 Å². The minimum absolute atomic E-state index is 0.289. The highest BCUT2D eigenvalue weighted by Crippen LogP contribution is 2.40. The van der Waals surface area contributed by atoms with Gasteiger partial charge in [0.05, 0.1) is 11.6 Å². The molecule has 0 fully saturated rings. The summed E-state index contributed by atoms with van der Waals surface area (Å²) in [4.78, 5) is 2.31. The molecule has 0 amide bonds. The number of aromatic amines is 1. The second-order valence-corrected chi connectivity index (χ2v) is 8.18. The van der Waals surface area contributed by atoms with E-state index < -0.39 is 11.6 Å². The maximum Gasteiger partial charge on any atom is 0.397 e. The van der Waals surface area contributed by atoms with E-state index in [4.69, 9.17) is 0 Å². The van der Waals surface area contributed by atoms with Crippen LogP contribution in [0, 0.1) is 0 Å². The van der Waals surface area contributed by atoms with Gasteiger partial charge in [-0.05, 0) is 61.1 Å². The number of aryl methyl sites for hydroxylation is 1. The number of fused-ring (bicyclic) bond motifs is 1. The molecule has 0 atom stereocenters. The highest BCUT2D eigenvalue weighted by atomic mass is 19.4. The van der Waals surface area contributed by atoms with Crippen LogP contribution in [0.5, 0.6) is 0 Å². The third kappa shape index (κ3) is 3.76. The molecule has 0 saturated heterocycles. The van der Waals surface area contributed by atoms with Crippen molar-refractivity contribution in [2.75, 3.05) is 11.4 Å². The van der Waals surface area contributed by atoms with Crippen molar-refractivity contribution in [1.29, 1.82) is 0 Å². The van der Waals surface area contributed by atoms with E-state index in [2.05, 4.69) is 33.3 Å². The fraction of sp³-hybridized carbons (Fsp3) is 0.348. The van der Waals surface area contributed by atoms with Crippen LogP contribution >= 0.6 is 0 Å². The molecule has 0 spiro atoms. The number of anilines is 1. The summed E-state index contributed by atoms with van der Waals surface area (Å²) in [6, 6.07) is 13.3. The number of hydrogen-bond acceptors (Lipinski definition) is 2. The average molecular weight is 399 g/mol. The summed E-state index contributed by atoms with van der Waals surface area (Å²) in [5.41, 5.74) is 4.14. The van der Waals surface area contributed by atoms with Gasteiger partial charge in [0.1, 0.15) is 0 Å². The second-order valence-electron chi connectivity index (χ2n) is 8.18. The summed E-state index contributed by atoms with van der Waals surface area (Å²) in [5.74, 6) is 0. The van der Waals surface area contributed by atoms with Gasteiger partial charge in [-0.15, -0.1) is 0 Å². The normalized spacial score (nSPS) is 14.7. The van der Waals surface area contributed by atoms with E-state index in [1.54, 1.807) is 12.1 Å². The van der Waals surface area contributed by atoms with Crippen molar-refractivity contribution in [1.82, 2.24) is 10.2 Å². The molecule has 2 heterocycles. The summed E-state index contributed by atoms with van der Waals surface area (Å²) >= 11 is 0. The quantitative estimate of drug-likeness (QED) is 0.595. The number of alkyl halides is 3. The van der Waals surface area contributed by atoms with Crippen molar-refractivity contribution in [3.63, 3.8) is 0 Å². The first-order chi connectivity index (χ1) is 13.8. The predicted molar refractivity (Wildman–Crippen MR) is 109 cm³/mol. The maximum atomic E-state index is 13.3. The van der Waals surface area contributed by atoms with Crippen molar-refractivity contribution >= 4 is 5.69 Å². The lowest BCUT2D eigenvalue weighted by Gasteiger charge is -2.32. The van der Waals surface area contributed by atoms with Crippen LogP contribution in [0.3, 0.4) is 0 Å². The Balaban J connectivity index is 1.54. The number of halogens is 3. The van der Waals surface area contributed by atoms with Crippen LogP contribution in [-0.2, 0) is 18.4 Å². The Morgan fingerprint density at radius 2 is 1.79 bits per heavy atom. The van der Waals surface area contributed by atoms with Crippen LogP contribution in [0.4, 0.5) is 18.9 Å². The zero-order valence-electron chi connectivity index (χ0n) is 16.6. The van der Waals surface area contributed by atoms with E-state index in [0.717, 1.165) is 36.1 Å². The van der Waals surface area contributed by atoms with Crippen LogP contribution in [0.2, 0.25) is 0 Å². The Labute approximate surface area is 168 Å². The molecule has 3 aromatic rings. The van der Waals surface area contributed by atoms with Crippen molar-refractivity contribution in [2.45, 2.75) is 44.8 Å². The summed E-state index contributed by atoms with van der Waals surface area (Å²) in [6.45, 7) is 4.07. The number of H-pyrrole nitrogens is 1. The molecule has 0 radical (unpaired) electrons. The lowest BCUT2D eigenvalue weighted by Crippen LogP contribution is -2.36. The molecule has 6 heteroatoms. The standard InChI is InChI=1S/C23H24F3N3/c1-22(2,23(24,25)26)20-8-5-16(6-9-20)15-29-11-3-4-18-12-17(7-10-21(18)29)19-13-27-28-14-19/h5-10,12-14H,3-4,11,15H2,1-2H3,(H,27,28). The number of aromatic nitrogens is 2. The number of nitrogens with one attached hydrogen (secondary N) is 1. The summed E-state index contributed by atoms with van der Waals surface area (Å²) in [6.07, 6.45) is 1.50. The van der Waals surface area contributed by atoms with Crippen LogP contribution < -0.4 is 4.90 Å². The van der Waals surface area contributed by atoms with Crippen molar-refractivity contribution in [2.24, 2.45) is 0 Å². The van der Waals surface area contributed by atoms with Gasteiger partial charge in [-0.1, -0.05) is 30.3 Å². The molecule has 152 valence electrons. The van der Waals surface area contributed by atoms with Gasteiger partial charge in [0.2, 0.25) is 0 Å². The lowest BCUT2D eigenvalue weighted by atomic mass is 9.83. The fourth-order valence-electron chi connectivity index (χ4n) is 3.84. The van der Waals surface area contributed by atoms with E-state index in [0.29, 0.717) is 6.54 Å². The van der Waals surface area contributed by atoms with Crippen LogP contribution in [0.15, 0.2) is 54.9 Å². The van der Waals surface area contributed by atoms with Gasteiger partial charge in [0.25, 0.3) is 0 Å². The van der Waals surface area contributed by atoms with Gasteiger partial charge < -0.3 is 4.90 Å². The van der Waals surface area contributed by atoms with Gasteiger partial charge in [0, 0.05) is 30.5 Å². The van der Waals surface area contributed by atoms with Crippen LogP contribution in [0.1, 0.15) is 37.0 Å². The number of hydrogen-bond donors (Lipinski definition) is 1. The molecule has 1 aliphatic rings. The van der Waals surface area contributed by atoms with Gasteiger partial charge in [-0.3, -0.25) is 5.10 Å². The first kappa shape index (κ1) is 19.6. The Hall–Kier alpha value is -2.76. The number of rotatable bonds is 4. The van der Waals surface area contributed by atoms with E-state index in [9.17, 15) is 13.2 Å². The zero-order chi connectivity index (χ0) is 20.6. The lowest BCUT2D eigenvalue weighted by molar-refractivity contribution is -0.180.